The van der Waals surface area contributed by atoms with Crippen molar-refractivity contribution in [1.29, 1.82) is 0 Å². The smallest absolute Gasteiger partial charge is 0.328 e. The highest BCUT2D eigenvalue weighted by atomic mass is 16.5. The van der Waals surface area contributed by atoms with E-state index < -0.39 is 48.2 Å². The van der Waals surface area contributed by atoms with Gasteiger partial charge in [-0.2, -0.15) is 0 Å². The summed E-state index contributed by atoms with van der Waals surface area (Å²) >= 11 is 0. The molecule has 0 spiro atoms. The molecule has 1 aliphatic rings. The third-order valence-electron chi connectivity index (χ3n) is 5.99. The molecule has 0 bridgehead atoms. The number of carbonyl (C=O) groups excluding carboxylic acids is 5. The first-order valence-corrected chi connectivity index (χ1v) is 15.1. The zero-order chi connectivity index (χ0) is 33.0. The standard InChI is InChI=1S/C22H33N5O6.C6H12.C2H6.CH4O/c1-14(2)10-17(22(32)33-13-15-6-4-3-5-7-15)27-20(30)12-25-21(31)16(8-9-18(24)28)26-19(29)11-23;1-2-4-6-5-3-1;2*1-2/h3-7,14,16-17H,8-13,23H2,1-2H3,(H2,24,28)(H,25,31)(H,26,29)(H,27,30);1-6H2;1-2H3;2H,1H3/t16-,17?;;;/m0.../s1. The Morgan fingerprint density at radius 1 is 0.860 bits per heavy atom. The third-order valence-corrected chi connectivity index (χ3v) is 5.99. The van der Waals surface area contributed by atoms with Crippen molar-refractivity contribution in [3.8, 4) is 0 Å². The number of carbonyl (C=O) groups is 5. The molecule has 246 valence electrons. The van der Waals surface area contributed by atoms with E-state index in [1.54, 1.807) is 0 Å². The summed E-state index contributed by atoms with van der Waals surface area (Å²) < 4.78 is 5.32. The summed E-state index contributed by atoms with van der Waals surface area (Å²) in [6.45, 7) is 7.08. The van der Waals surface area contributed by atoms with E-state index in [9.17, 15) is 24.0 Å². The van der Waals surface area contributed by atoms with Crippen LogP contribution in [0.2, 0.25) is 0 Å². The average molecular weight is 610 g/mol. The molecule has 2 rings (SSSR count). The lowest BCUT2D eigenvalue weighted by molar-refractivity contribution is -0.149. The second kappa shape index (κ2) is 27.3. The van der Waals surface area contributed by atoms with Crippen LogP contribution in [0.25, 0.3) is 0 Å². The first kappa shape index (κ1) is 41.6. The topological polar surface area (TPSA) is 203 Å². The third kappa shape index (κ3) is 22.7. The molecule has 12 heteroatoms. The highest BCUT2D eigenvalue weighted by Gasteiger charge is 2.25. The molecule has 1 fully saturated rings. The molecular weight excluding hydrogens is 554 g/mol. The minimum atomic E-state index is -1.08. The van der Waals surface area contributed by atoms with Crippen LogP contribution < -0.4 is 27.4 Å². The predicted molar refractivity (Wildman–Crippen MR) is 167 cm³/mol. The second-order valence-corrected chi connectivity index (χ2v) is 10.0. The first-order chi connectivity index (χ1) is 20.6. The van der Waals surface area contributed by atoms with Gasteiger partial charge in [0.1, 0.15) is 18.7 Å². The van der Waals surface area contributed by atoms with Gasteiger partial charge in [0.15, 0.2) is 0 Å². The Kier molecular flexibility index (Phi) is 26.5. The molecule has 1 aromatic rings. The fourth-order valence-electron chi connectivity index (χ4n) is 3.92. The van der Waals surface area contributed by atoms with Gasteiger partial charge in [-0.25, -0.2) is 4.79 Å². The Morgan fingerprint density at radius 3 is 1.84 bits per heavy atom. The number of hydrogen-bond donors (Lipinski definition) is 6. The van der Waals surface area contributed by atoms with E-state index in [-0.39, 0.29) is 31.9 Å². The lowest BCUT2D eigenvalue weighted by Crippen LogP contribution is -2.52. The fourth-order valence-corrected chi connectivity index (χ4v) is 3.92. The van der Waals surface area contributed by atoms with Crippen molar-refractivity contribution in [3.05, 3.63) is 35.9 Å². The zero-order valence-corrected chi connectivity index (χ0v) is 26.7. The Morgan fingerprint density at radius 2 is 1.37 bits per heavy atom. The maximum atomic E-state index is 12.5. The number of rotatable bonds is 14. The number of amides is 4. The van der Waals surface area contributed by atoms with Gasteiger partial charge in [0.2, 0.25) is 23.6 Å². The zero-order valence-electron chi connectivity index (χ0n) is 26.7. The molecule has 12 nitrogen and oxygen atoms in total. The van der Waals surface area contributed by atoms with Crippen molar-refractivity contribution in [2.75, 3.05) is 20.2 Å². The van der Waals surface area contributed by atoms with E-state index >= 15 is 0 Å². The van der Waals surface area contributed by atoms with Crippen molar-refractivity contribution in [2.24, 2.45) is 17.4 Å². The lowest BCUT2D eigenvalue weighted by atomic mass is 10.0. The van der Waals surface area contributed by atoms with E-state index in [1.165, 1.54) is 38.5 Å². The molecule has 0 radical (unpaired) electrons. The normalized spacial score (nSPS) is 13.1. The number of esters is 1. The molecule has 0 aliphatic heterocycles. The number of aliphatic hydroxyl groups excluding tert-OH is 1. The largest absolute Gasteiger partial charge is 0.459 e. The maximum Gasteiger partial charge on any atom is 0.328 e. The van der Waals surface area contributed by atoms with Gasteiger partial charge in [-0.3, -0.25) is 19.2 Å². The average Bonchev–Trinajstić information content (AvgIpc) is 3.03. The van der Waals surface area contributed by atoms with Crippen LogP contribution in [0, 0.1) is 5.92 Å². The maximum absolute atomic E-state index is 12.5. The summed E-state index contributed by atoms with van der Waals surface area (Å²) in [5.41, 5.74) is 11.1. The van der Waals surface area contributed by atoms with Crippen LogP contribution in [0.1, 0.15) is 91.0 Å². The van der Waals surface area contributed by atoms with Crippen LogP contribution in [0.5, 0.6) is 0 Å². The molecule has 8 N–H and O–H groups in total. The van der Waals surface area contributed by atoms with Gasteiger partial charge < -0.3 is 37.3 Å². The van der Waals surface area contributed by atoms with Gasteiger partial charge >= 0.3 is 5.97 Å². The van der Waals surface area contributed by atoms with Crippen LogP contribution in [-0.2, 0) is 35.3 Å². The number of aliphatic hydroxyl groups is 1. The molecule has 0 saturated heterocycles. The van der Waals surface area contributed by atoms with Crippen molar-refractivity contribution < 1.29 is 33.8 Å². The highest BCUT2D eigenvalue weighted by Crippen LogP contribution is 2.15. The minimum absolute atomic E-state index is 0.0453. The molecule has 1 aromatic carbocycles. The van der Waals surface area contributed by atoms with Crippen LogP contribution >= 0.6 is 0 Å². The quantitative estimate of drug-likeness (QED) is 0.172. The van der Waals surface area contributed by atoms with Crippen molar-refractivity contribution in [2.45, 2.75) is 104 Å². The predicted octanol–water partition coefficient (Wildman–Crippen LogP) is 2.06. The molecule has 0 aromatic heterocycles. The second-order valence-electron chi connectivity index (χ2n) is 10.0. The number of nitrogens with two attached hydrogens (primary N) is 2. The van der Waals surface area contributed by atoms with Gasteiger partial charge in [0, 0.05) is 13.5 Å². The van der Waals surface area contributed by atoms with E-state index in [2.05, 4.69) is 16.0 Å². The monoisotopic (exact) mass is 609 g/mol. The Hall–Kier alpha value is -3.51. The van der Waals surface area contributed by atoms with Gasteiger partial charge in [0.25, 0.3) is 0 Å². The first-order valence-electron chi connectivity index (χ1n) is 15.1. The summed E-state index contributed by atoms with van der Waals surface area (Å²) in [7, 11) is 1.00. The molecule has 1 unspecified atom stereocenters. The van der Waals surface area contributed by atoms with Crippen LogP contribution in [-0.4, -0.2) is 67.0 Å². The van der Waals surface area contributed by atoms with E-state index in [1.807, 2.05) is 58.0 Å². The molecule has 0 heterocycles. The summed E-state index contributed by atoms with van der Waals surface area (Å²) in [4.78, 5) is 59.8. The Labute approximate surface area is 257 Å². The fraction of sp³-hybridized carbons (Fsp3) is 0.645. The summed E-state index contributed by atoms with van der Waals surface area (Å²) in [6, 6.07) is 7.16. The Bertz CT molecular complexity index is 898. The van der Waals surface area contributed by atoms with E-state index in [4.69, 9.17) is 21.3 Å². The van der Waals surface area contributed by atoms with Crippen molar-refractivity contribution in [1.82, 2.24) is 16.0 Å². The lowest BCUT2D eigenvalue weighted by Gasteiger charge is -2.21. The molecular formula is C31H55N5O7. The van der Waals surface area contributed by atoms with Gasteiger partial charge in [0.05, 0.1) is 13.1 Å². The number of benzene rings is 1. The van der Waals surface area contributed by atoms with Gasteiger partial charge in [-0.05, 0) is 24.3 Å². The number of primary amides is 1. The molecule has 1 saturated carbocycles. The van der Waals surface area contributed by atoms with Crippen LogP contribution in [0.3, 0.4) is 0 Å². The Balaban J connectivity index is 0. The number of ether oxygens (including phenoxy) is 1. The van der Waals surface area contributed by atoms with Crippen molar-refractivity contribution >= 4 is 29.6 Å². The molecule has 43 heavy (non-hydrogen) atoms. The van der Waals surface area contributed by atoms with Crippen LogP contribution in [0.4, 0.5) is 0 Å². The van der Waals surface area contributed by atoms with Crippen molar-refractivity contribution in [3.63, 3.8) is 0 Å². The minimum Gasteiger partial charge on any atom is -0.459 e. The number of nitrogens with one attached hydrogen (secondary N) is 3. The van der Waals surface area contributed by atoms with E-state index in [0.717, 1.165) is 12.7 Å². The SMILES string of the molecule is C1CCCCC1.CC.CC(C)CC(NC(=O)CNC(=O)[C@H](CCC(N)=O)NC(=O)CN)C(=O)OCc1ccccc1.CO. The molecule has 4 amide bonds. The molecule has 2 atom stereocenters. The summed E-state index contributed by atoms with van der Waals surface area (Å²) in [5, 5.41) is 14.3. The van der Waals surface area contributed by atoms with E-state index in [0.29, 0.717) is 6.42 Å². The summed E-state index contributed by atoms with van der Waals surface area (Å²) in [6.07, 6.45) is 9.16. The van der Waals surface area contributed by atoms with Gasteiger partial charge in [-0.1, -0.05) is 96.6 Å². The summed E-state index contributed by atoms with van der Waals surface area (Å²) in [5.74, 6) is -3.01. The molecule has 1 aliphatic carbocycles. The number of hydrogen-bond acceptors (Lipinski definition) is 8. The highest BCUT2D eigenvalue weighted by molar-refractivity contribution is 5.92. The van der Waals surface area contributed by atoms with Crippen LogP contribution in [0.15, 0.2) is 30.3 Å². The van der Waals surface area contributed by atoms with Gasteiger partial charge in [-0.15, -0.1) is 0 Å².